The van der Waals surface area contributed by atoms with Crippen LogP contribution in [-0.2, 0) is 17.8 Å². The van der Waals surface area contributed by atoms with E-state index in [1.54, 1.807) is 0 Å². The predicted molar refractivity (Wildman–Crippen MR) is 94.2 cm³/mol. The molecule has 0 aromatic heterocycles. The Kier molecular flexibility index (Phi) is 6.72. The zero-order valence-corrected chi connectivity index (χ0v) is 14.7. The van der Waals surface area contributed by atoms with E-state index in [1.807, 2.05) is 11.0 Å². The molecular formula is C18H27ClN2O2. The number of carbonyl (C=O) groups excluding carboxylic acids is 1. The third-order valence-electron chi connectivity index (χ3n) is 4.66. The van der Waals surface area contributed by atoms with Crippen LogP contribution in [-0.4, -0.2) is 37.0 Å². The van der Waals surface area contributed by atoms with E-state index in [1.165, 1.54) is 11.1 Å². The minimum atomic E-state index is 0. The molecule has 2 aliphatic rings. The van der Waals surface area contributed by atoms with Crippen LogP contribution in [0, 0.1) is 5.92 Å². The Labute approximate surface area is 145 Å². The van der Waals surface area contributed by atoms with Gasteiger partial charge in [0, 0.05) is 19.0 Å². The van der Waals surface area contributed by atoms with Crippen LogP contribution in [0.3, 0.4) is 0 Å². The van der Waals surface area contributed by atoms with Crippen LogP contribution < -0.4 is 10.1 Å². The molecule has 0 radical (unpaired) electrons. The lowest BCUT2D eigenvalue weighted by Crippen LogP contribution is -2.43. The topological polar surface area (TPSA) is 41.6 Å². The molecule has 1 fully saturated rings. The van der Waals surface area contributed by atoms with Crippen LogP contribution in [0.5, 0.6) is 5.75 Å². The van der Waals surface area contributed by atoms with E-state index in [4.69, 9.17) is 4.74 Å². The monoisotopic (exact) mass is 338 g/mol. The summed E-state index contributed by atoms with van der Waals surface area (Å²) >= 11 is 0. The van der Waals surface area contributed by atoms with E-state index in [0.29, 0.717) is 5.91 Å². The maximum atomic E-state index is 12.6. The quantitative estimate of drug-likeness (QED) is 0.917. The third kappa shape index (κ3) is 4.39. The van der Waals surface area contributed by atoms with Crippen molar-refractivity contribution in [2.24, 2.45) is 5.92 Å². The summed E-state index contributed by atoms with van der Waals surface area (Å²) in [6, 6.07) is 6.31. The summed E-state index contributed by atoms with van der Waals surface area (Å²) < 4.78 is 5.70. The Morgan fingerprint density at radius 1 is 1.30 bits per heavy atom. The maximum Gasteiger partial charge on any atom is 0.226 e. The van der Waals surface area contributed by atoms with Crippen LogP contribution in [0.2, 0.25) is 0 Å². The Morgan fingerprint density at radius 3 is 2.83 bits per heavy atom. The summed E-state index contributed by atoms with van der Waals surface area (Å²) in [5, 5.41) is 3.33. The second kappa shape index (κ2) is 8.55. The van der Waals surface area contributed by atoms with E-state index in [9.17, 15) is 4.79 Å². The predicted octanol–water partition coefficient (Wildman–Crippen LogP) is 2.78. The van der Waals surface area contributed by atoms with Crippen molar-refractivity contribution in [1.29, 1.82) is 0 Å². The summed E-state index contributed by atoms with van der Waals surface area (Å²) in [4.78, 5) is 14.7. The number of rotatable bonds is 4. The normalized spacial score (nSPS) is 18.0. The third-order valence-corrected chi connectivity index (χ3v) is 4.66. The molecule has 3 rings (SSSR count). The van der Waals surface area contributed by atoms with Gasteiger partial charge in [-0.25, -0.2) is 0 Å². The number of benzene rings is 1. The lowest BCUT2D eigenvalue weighted by atomic mass is 9.94. The van der Waals surface area contributed by atoms with Crippen molar-refractivity contribution in [2.75, 3.05) is 26.2 Å². The largest absolute Gasteiger partial charge is 0.494 e. The SMILES string of the molecule is CCCOc1ccc2c(c1)CCN(C(=O)C1CCNCC1)C2.Cl. The fraction of sp³-hybridized carbons (Fsp3) is 0.611. The van der Waals surface area contributed by atoms with Gasteiger partial charge in [0.15, 0.2) is 0 Å². The first-order chi connectivity index (χ1) is 10.8. The van der Waals surface area contributed by atoms with Gasteiger partial charge in [0.2, 0.25) is 5.91 Å². The van der Waals surface area contributed by atoms with E-state index >= 15 is 0 Å². The van der Waals surface area contributed by atoms with Gasteiger partial charge in [-0.3, -0.25) is 4.79 Å². The number of amides is 1. The number of hydrogen-bond donors (Lipinski definition) is 1. The standard InChI is InChI=1S/C18H26N2O2.ClH/c1-2-11-22-17-4-3-16-13-20(10-7-15(16)12-17)18(21)14-5-8-19-9-6-14;/h3-4,12,14,19H,2,5-11,13H2,1H3;1H. The minimum absolute atomic E-state index is 0. The van der Waals surface area contributed by atoms with Gasteiger partial charge in [0.25, 0.3) is 0 Å². The molecule has 5 heteroatoms. The molecule has 0 aliphatic carbocycles. The molecule has 0 unspecified atom stereocenters. The molecule has 0 spiro atoms. The Balaban J connectivity index is 0.00000192. The summed E-state index contributed by atoms with van der Waals surface area (Å²) in [5.74, 6) is 1.52. The molecule has 1 N–H and O–H groups in total. The van der Waals surface area contributed by atoms with Crippen molar-refractivity contribution in [2.45, 2.75) is 39.2 Å². The van der Waals surface area contributed by atoms with E-state index in [2.05, 4.69) is 24.4 Å². The molecule has 0 bridgehead atoms. The Morgan fingerprint density at radius 2 is 2.09 bits per heavy atom. The molecule has 1 aromatic carbocycles. The highest BCUT2D eigenvalue weighted by Crippen LogP contribution is 2.26. The zero-order valence-electron chi connectivity index (χ0n) is 13.8. The number of fused-ring (bicyclic) bond motifs is 1. The molecule has 0 saturated carbocycles. The number of carbonyl (C=O) groups is 1. The van der Waals surface area contributed by atoms with E-state index in [-0.39, 0.29) is 18.3 Å². The van der Waals surface area contributed by atoms with Gasteiger partial charge in [-0.15, -0.1) is 12.4 Å². The van der Waals surface area contributed by atoms with Crippen molar-refractivity contribution in [3.05, 3.63) is 29.3 Å². The Hall–Kier alpha value is -1.26. The molecule has 2 aliphatic heterocycles. The van der Waals surface area contributed by atoms with Crippen molar-refractivity contribution in [1.82, 2.24) is 10.2 Å². The highest BCUT2D eigenvalue weighted by atomic mass is 35.5. The summed E-state index contributed by atoms with van der Waals surface area (Å²) in [7, 11) is 0. The van der Waals surface area contributed by atoms with Gasteiger partial charge < -0.3 is 15.0 Å². The molecule has 2 heterocycles. The zero-order chi connectivity index (χ0) is 15.4. The summed E-state index contributed by atoms with van der Waals surface area (Å²) in [5.41, 5.74) is 2.61. The molecule has 4 nitrogen and oxygen atoms in total. The van der Waals surface area contributed by atoms with Gasteiger partial charge in [0.05, 0.1) is 6.61 Å². The molecule has 1 amide bonds. The molecular weight excluding hydrogens is 312 g/mol. The van der Waals surface area contributed by atoms with E-state index < -0.39 is 0 Å². The first kappa shape index (κ1) is 18.1. The van der Waals surface area contributed by atoms with Gasteiger partial charge in [-0.2, -0.15) is 0 Å². The number of piperidine rings is 1. The van der Waals surface area contributed by atoms with Gasteiger partial charge in [-0.05, 0) is 62.0 Å². The van der Waals surface area contributed by atoms with Gasteiger partial charge >= 0.3 is 0 Å². The van der Waals surface area contributed by atoms with E-state index in [0.717, 1.165) is 64.2 Å². The van der Waals surface area contributed by atoms with Crippen LogP contribution in [0.15, 0.2) is 18.2 Å². The number of halogens is 1. The second-order valence-corrected chi connectivity index (χ2v) is 6.31. The fourth-order valence-corrected chi connectivity index (χ4v) is 3.35. The highest BCUT2D eigenvalue weighted by Gasteiger charge is 2.28. The van der Waals surface area contributed by atoms with Crippen molar-refractivity contribution in [3.63, 3.8) is 0 Å². The number of nitrogens with one attached hydrogen (secondary N) is 1. The van der Waals surface area contributed by atoms with Crippen LogP contribution in [0.4, 0.5) is 0 Å². The van der Waals surface area contributed by atoms with Gasteiger partial charge in [-0.1, -0.05) is 13.0 Å². The Bertz CT molecular complexity index is 530. The number of nitrogens with zero attached hydrogens (tertiary/aromatic N) is 1. The smallest absolute Gasteiger partial charge is 0.226 e. The van der Waals surface area contributed by atoms with Gasteiger partial charge in [0.1, 0.15) is 5.75 Å². The number of hydrogen-bond acceptors (Lipinski definition) is 3. The highest BCUT2D eigenvalue weighted by molar-refractivity contribution is 5.85. The first-order valence-electron chi connectivity index (χ1n) is 8.52. The molecule has 0 atom stereocenters. The van der Waals surface area contributed by atoms with Crippen LogP contribution in [0.25, 0.3) is 0 Å². The average molecular weight is 339 g/mol. The van der Waals surface area contributed by atoms with Crippen molar-refractivity contribution >= 4 is 18.3 Å². The summed E-state index contributed by atoms with van der Waals surface area (Å²) in [6.07, 6.45) is 3.92. The van der Waals surface area contributed by atoms with Crippen LogP contribution >= 0.6 is 12.4 Å². The lowest BCUT2D eigenvalue weighted by molar-refractivity contribution is -0.137. The summed E-state index contributed by atoms with van der Waals surface area (Å²) in [6.45, 7) is 6.42. The fourth-order valence-electron chi connectivity index (χ4n) is 3.35. The molecule has 128 valence electrons. The minimum Gasteiger partial charge on any atom is -0.494 e. The first-order valence-corrected chi connectivity index (χ1v) is 8.52. The average Bonchev–Trinajstić information content (AvgIpc) is 2.59. The van der Waals surface area contributed by atoms with Crippen molar-refractivity contribution in [3.8, 4) is 5.75 Å². The number of ether oxygens (including phenoxy) is 1. The molecule has 1 saturated heterocycles. The molecule has 1 aromatic rings. The lowest BCUT2D eigenvalue weighted by Gasteiger charge is -2.33. The van der Waals surface area contributed by atoms with Crippen LogP contribution in [0.1, 0.15) is 37.3 Å². The molecule has 23 heavy (non-hydrogen) atoms. The van der Waals surface area contributed by atoms with Crippen molar-refractivity contribution < 1.29 is 9.53 Å². The second-order valence-electron chi connectivity index (χ2n) is 6.31. The maximum absolute atomic E-state index is 12.6.